The van der Waals surface area contributed by atoms with Gasteiger partial charge in [0.25, 0.3) is 0 Å². The second kappa shape index (κ2) is 8.39. The number of amides is 2. The van der Waals surface area contributed by atoms with Crippen molar-refractivity contribution in [2.75, 3.05) is 16.8 Å². The first-order valence-electron chi connectivity index (χ1n) is 10.2. The molecule has 2 heterocycles. The smallest absolute Gasteiger partial charge is 0.229 e. The van der Waals surface area contributed by atoms with E-state index in [-0.39, 0.29) is 23.7 Å². The maximum Gasteiger partial charge on any atom is 0.229 e. The molecule has 2 fully saturated rings. The van der Waals surface area contributed by atoms with E-state index < -0.39 is 0 Å². The summed E-state index contributed by atoms with van der Waals surface area (Å²) in [5.74, 6) is 0.284. The Balaban J connectivity index is 1.39. The summed E-state index contributed by atoms with van der Waals surface area (Å²) in [5, 5.41) is 12.7. The molecule has 1 aliphatic heterocycles. The summed E-state index contributed by atoms with van der Waals surface area (Å²) in [7, 11) is 0. The molecular formula is C21H26N4O2S. The number of anilines is 2. The van der Waals surface area contributed by atoms with Gasteiger partial charge in [0.1, 0.15) is 5.01 Å². The lowest BCUT2D eigenvalue weighted by atomic mass is 9.89. The van der Waals surface area contributed by atoms with Gasteiger partial charge in [0.15, 0.2) is 0 Å². The molecule has 1 N–H and O–H groups in total. The van der Waals surface area contributed by atoms with E-state index in [1.165, 1.54) is 23.3 Å². The van der Waals surface area contributed by atoms with Gasteiger partial charge in [-0.1, -0.05) is 49.7 Å². The molecule has 28 heavy (non-hydrogen) atoms. The van der Waals surface area contributed by atoms with Crippen LogP contribution in [-0.4, -0.2) is 28.6 Å². The van der Waals surface area contributed by atoms with Gasteiger partial charge in [-0.25, -0.2) is 0 Å². The van der Waals surface area contributed by atoms with Crippen molar-refractivity contribution in [2.24, 2.45) is 5.92 Å². The Morgan fingerprint density at radius 3 is 2.64 bits per heavy atom. The summed E-state index contributed by atoms with van der Waals surface area (Å²) in [6.45, 7) is 2.72. The van der Waals surface area contributed by atoms with Crippen LogP contribution < -0.4 is 10.2 Å². The molecule has 2 aliphatic rings. The molecule has 0 radical (unpaired) electrons. The van der Waals surface area contributed by atoms with Crippen molar-refractivity contribution in [2.45, 2.75) is 57.8 Å². The zero-order chi connectivity index (χ0) is 19.5. The fourth-order valence-electron chi connectivity index (χ4n) is 4.06. The molecule has 1 saturated heterocycles. The maximum atomic E-state index is 12.5. The summed E-state index contributed by atoms with van der Waals surface area (Å²) >= 11 is 1.39. The molecule has 2 amide bonds. The van der Waals surface area contributed by atoms with Crippen LogP contribution in [0.3, 0.4) is 0 Å². The lowest BCUT2D eigenvalue weighted by Crippen LogP contribution is -2.24. The van der Waals surface area contributed by atoms with Crippen LogP contribution in [-0.2, 0) is 16.0 Å². The van der Waals surface area contributed by atoms with Gasteiger partial charge in [0, 0.05) is 30.5 Å². The summed E-state index contributed by atoms with van der Waals surface area (Å²) in [5.41, 5.74) is 2.19. The van der Waals surface area contributed by atoms with E-state index >= 15 is 0 Å². The van der Waals surface area contributed by atoms with Crippen LogP contribution in [0.2, 0.25) is 0 Å². The van der Waals surface area contributed by atoms with Crippen molar-refractivity contribution in [3.05, 3.63) is 34.8 Å². The fraction of sp³-hybridized carbons (Fsp3) is 0.524. The first kappa shape index (κ1) is 19.1. The van der Waals surface area contributed by atoms with E-state index in [0.29, 0.717) is 18.1 Å². The predicted octanol–water partition coefficient (Wildman–Crippen LogP) is 4.14. The van der Waals surface area contributed by atoms with Gasteiger partial charge in [0.05, 0.1) is 0 Å². The fourth-order valence-corrected chi connectivity index (χ4v) is 4.89. The van der Waals surface area contributed by atoms with Gasteiger partial charge >= 0.3 is 0 Å². The number of carbonyl (C=O) groups excluding carboxylic acids is 2. The SMILES string of the molecule is CCc1ccc(N2C[C@@H](c3nnc(NC(=O)C4CCCCC4)s3)CC2=O)cc1. The highest BCUT2D eigenvalue weighted by molar-refractivity contribution is 7.15. The van der Waals surface area contributed by atoms with E-state index in [0.717, 1.165) is 42.8 Å². The van der Waals surface area contributed by atoms with Crippen molar-refractivity contribution in [1.82, 2.24) is 10.2 Å². The van der Waals surface area contributed by atoms with E-state index in [2.05, 4.69) is 34.6 Å². The van der Waals surface area contributed by atoms with Gasteiger partial charge < -0.3 is 10.2 Å². The van der Waals surface area contributed by atoms with E-state index in [9.17, 15) is 9.59 Å². The van der Waals surface area contributed by atoms with Gasteiger partial charge in [-0.3, -0.25) is 9.59 Å². The number of benzene rings is 1. The molecule has 0 spiro atoms. The number of rotatable bonds is 5. The van der Waals surface area contributed by atoms with Crippen LogP contribution in [0.15, 0.2) is 24.3 Å². The molecule has 2 aromatic rings. The van der Waals surface area contributed by atoms with Crippen LogP contribution in [0.4, 0.5) is 10.8 Å². The van der Waals surface area contributed by atoms with E-state index in [4.69, 9.17) is 0 Å². The Morgan fingerprint density at radius 1 is 1.18 bits per heavy atom. The van der Waals surface area contributed by atoms with Crippen LogP contribution >= 0.6 is 11.3 Å². The Labute approximate surface area is 169 Å². The van der Waals surface area contributed by atoms with Crippen molar-refractivity contribution < 1.29 is 9.59 Å². The topological polar surface area (TPSA) is 75.2 Å². The Morgan fingerprint density at radius 2 is 1.93 bits per heavy atom. The zero-order valence-corrected chi connectivity index (χ0v) is 17.0. The monoisotopic (exact) mass is 398 g/mol. The number of hydrogen-bond acceptors (Lipinski definition) is 5. The number of hydrogen-bond donors (Lipinski definition) is 1. The lowest BCUT2D eigenvalue weighted by molar-refractivity contribution is -0.120. The second-order valence-corrected chi connectivity index (χ2v) is 8.70. The first-order chi connectivity index (χ1) is 13.6. The lowest BCUT2D eigenvalue weighted by Gasteiger charge is -2.19. The van der Waals surface area contributed by atoms with Crippen molar-refractivity contribution in [3.8, 4) is 0 Å². The Hall–Kier alpha value is -2.28. The average molecular weight is 399 g/mol. The van der Waals surface area contributed by atoms with Gasteiger partial charge in [-0.15, -0.1) is 10.2 Å². The quantitative estimate of drug-likeness (QED) is 0.821. The van der Waals surface area contributed by atoms with Crippen molar-refractivity contribution in [3.63, 3.8) is 0 Å². The average Bonchev–Trinajstić information content (AvgIpc) is 3.35. The summed E-state index contributed by atoms with van der Waals surface area (Å²) in [4.78, 5) is 26.7. The van der Waals surface area contributed by atoms with E-state index in [1.807, 2.05) is 17.0 Å². The third-order valence-electron chi connectivity index (χ3n) is 5.78. The normalized spacial score (nSPS) is 20.5. The summed E-state index contributed by atoms with van der Waals surface area (Å²) < 4.78 is 0. The van der Waals surface area contributed by atoms with E-state index in [1.54, 1.807) is 0 Å². The Bertz CT molecular complexity index is 842. The van der Waals surface area contributed by atoms with Gasteiger partial charge in [-0.05, 0) is 37.0 Å². The zero-order valence-electron chi connectivity index (χ0n) is 16.2. The minimum absolute atomic E-state index is 0.0242. The van der Waals surface area contributed by atoms with Gasteiger partial charge in [0.2, 0.25) is 16.9 Å². The molecule has 1 atom stereocenters. The second-order valence-electron chi connectivity index (χ2n) is 7.70. The molecule has 148 valence electrons. The minimum atomic E-state index is 0.0242. The number of aromatic nitrogens is 2. The first-order valence-corrected chi connectivity index (χ1v) is 11.0. The number of nitrogens with zero attached hydrogens (tertiary/aromatic N) is 3. The highest BCUT2D eigenvalue weighted by Crippen LogP contribution is 2.34. The molecule has 1 aliphatic carbocycles. The third kappa shape index (κ3) is 4.09. The van der Waals surface area contributed by atoms with Crippen LogP contribution in [0, 0.1) is 5.92 Å². The van der Waals surface area contributed by atoms with Crippen LogP contribution in [0.1, 0.15) is 61.9 Å². The van der Waals surface area contributed by atoms with Crippen molar-refractivity contribution in [1.29, 1.82) is 0 Å². The van der Waals surface area contributed by atoms with Crippen LogP contribution in [0.5, 0.6) is 0 Å². The molecule has 1 aromatic heterocycles. The highest BCUT2D eigenvalue weighted by Gasteiger charge is 2.34. The van der Waals surface area contributed by atoms with Crippen molar-refractivity contribution >= 4 is 34.0 Å². The molecule has 0 unspecified atom stereocenters. The molecule has 4 rings (SSSR count). The molecule has 6 nitrogen and oxygen atoms in total. The Kier molecular flexibility index (Phi) is 5.71. The predicted molar refractivity (Wildman–Crippen MR) is 111 cm³/mol. The standard InChI is InChI=1S/C21H26N4O2S/c1-2-14-8-10-17(11-9-14)25-13-16(12-18(25)26)20-23-24-21(28-20)22-19(27)15-6-4-3-5-7-15/h8-11,15-16H,2-7,12-13H2,1H3,(H,22,24,27)/t16-/m0/s1. The van der Waals surface area contributed by atoms with Crippen LogP contribution in [0.25, 0.3) is 0 Å². The third-order valence-corrected chi connectivity index (χ3v) is 6.78. The molecule has 1 aromatic carbocycles. The maximum absolute atomic E-state index is 12.5. The number of nitrogens with one attached hydrogen (secondary N) is 1. The minimum Gasteiger partial charge on any atom is -0.312 e. The number of aryl methyl sites for hydroxylation is 1. The summed E-state index contributed by atoms with van der Waals surface area (Å²) in [6.07, 6.45) is 6.80. The molecule has 0 bridgehead atoms. The largest absolute Gasteiger partial charge is 0.312 e. The highest BCUT2D eigenvalue weighted by atomic mass is 32.1. The van der Waals surface area contributed by atoms with Gasteiger partial charge in [-0.2, -0.15) is 0 Å². The molecule has 1 saturated carbocycles. The number of carbonyl (C=O) groups is 2. The molecule has 7 heteroatoms. The summed E-state index contributed by atoms with van der Waals surface area (Å²) in [6, 6.07) is 8.16. The molecular weight excluding hydrogens is 372 g/mol.